The highest BCUT2D eigenvalue weighted by Gasteiger charge is 2.43. The second-order valence-corrected chi connectivity index (χ2v) is 4.86. The van der Waals surface area contributed by atoms with Gasteiger partial charge < -0.3 is 19.1 Å². The number of methoxy groups -OCH3 is 2. The normalized spacial score (nSPS) is 16.7. The first-order chi connectivity index (χ1) is 9.68. The van der Waals surface area contributed by atoms with Crippen LogP contribution in [0, 0.1) is 0 Å². The maximum Gasteiger partial charge on any atom is 0.258 e. The Morgan fingerprint density at radius 1 is 1.30 bits per heavy atom. The van der Waals surface area contributed by atoms with Crippen LogP contribution in [0.2, 0.25) is 0 Å². The molecule has 1 aliphatic carbocycles. The average molecular weight is 276 g/mol. The molecule has 0 amide bonds. The SMILES string of the molecule is COc1ccc(-c2nc(C3(OC)CCC3)no2)cc1O. The molecular weight excluding hydrogens is 260 g/mol. The van der Waals surface area contributed by atoms with Crippen molar-refractivity contribution in [2.45, 2.75) is 24.9 Å². The Labute approximate surface area is 116 Å². The summed E-state index contributed by atoms with van der Waals surface area (Å²) in [6, 6.07) is 4.95. The molecule has 1 aromatic heterocycles. The molecule has 106 valence electrons. The lowest BCUT2D eigenvalue weighted by Gasteiger charge is -2.37. The minimum absolute atomic E-state index is 0.0369. The van der Waals surface area contributed by atoms with Crippen LogP contribution in [-0.4, -0.2) is 29.5 Å². The van der Waals surface area contributed by atoms with Crippen molar-refractivity contribution in [2.24, 2.45) is 0 Å². The molecular formula is C14H16N2O4. The van der Waals surface area contributed by atoms with Crippen LogP contribution in [0.5, 0.6) is 11.5 Å². The van der Waals surface area contributed by atoms with Crippen LogP contribution in [0.1, 0.15) is 25.1 Å². The summed E-state index contributed by atoms with van der Waals surface area (Å²) < 4.78 is 15.8. The number of benzene rings is 1. The number of hydrogen-bond donors (Lipinski definition) is 1. The summed E-state index contributed by atoms with van der Waals surface area (Å²) in [5.41, 5.74) is 0.239. The summed E-state index contributed by atoms with van der Waals surface area (Å²) in [4.78, 5) is 4.39. The standard InChI is InChI=1S/C14H16N2O4/c1-18-11-5-4-9(8-10(11)17)12-15-13(16-20-12)14(19-2)6-3-7-14/h4-5,8,17H,3,6-7H2,1-2H3. The van der Waals surface area contributed by atoms with E-state index < -0.39 is 5.60 Å². The van der Waals surface area contributed by atoms with Gasteiger partial charge in [0.2, 0.25) is 5.82 Å². The van der Waals surface area contributed by atoms with Crippen molar-refractivity contribution >= 4 is 0 Å². The van der Waals surface area contributed by atoms with E-state index >= 15 is 0 Å². The Hall–Kier alpha value is -2.08. The molecule has 1 fully saturated rings. The highest BCUT2D eigenvalue weighted by atomic mass is 16.5. The van der Waals surface area contributed by atoms with Crippen LogP contribution in [0.4, 0.5) is 0 Å². The minimum Gasteiger partial charge on any atom is -0.504 e. The molecule has 0 bridgehead atoms. The zero-order valence-electron chi connectivity index (χ0n) is 11.4. The zero-order valence-corrected chi connectivity index (χ0v) is 11.4. The molecule has 6 heteroatoms. The van der Waals surface area contributed by atoms with Gasteiger partial charge in [0, 0.05) is 12.7 Å². The number of phenols is 1. The van der Waals surface area contributed by atoms with Crippen molar-refractivity contribution in [3.8, 4) is 23.0 Å². The number of aromatic nitrogens is 2. The van der Waals surface area contributed by atoms with Crippen LogP contribution in [-0.2, 0) is 10.3 Å². The first-order valence-corrected chi connectivity index (χ1v) is 6.45. The van der Waals surface area contributed by atoms with Gasteiger partial charge in [0.1, 0.15) is 5.60 Å². The van der Waals surface area contributed by atoms with Gasteiger partial charge in [-0.3, -0.25) is 0 Å². The Morgan fingerprint density at radius 2 is 2.10 bits per heavy atom. The molecule has 1 aromatic carbocycles. The molecule has 1 heterocycles. The van der Waals surface area contributed by atoms with E-state index in [4.69, 9.17) is 14.0 Å². The molecule has 2 aromatic rings. The van der Waals surface area contributed by atoms with Gasteiger partial charge in [-0.15, -0.1) is 0 Å². The predicted molar refractivity (Wildman–Crippen MR) is 70.5 cm³/mol. The summed E-state index contributed by atoms with van der Waals surface area (Å²) >= 11 is 0. The maximum absolute atomic E-state index is 9.78. The lowest BCUT2D eigenvalue weighted by Crippen LogP contribution is -2.37. The molecule has 20 heavy (non-hydrogen) atoms. The fourth-order valence-corrected chi connectivity index (χ4v) is 2.37. The van der Waals surface area contributed by atoms with E-state index in [0.29, 0.717) is 23.0 Å². The number of nitrogens with zero attached hydrogens (tertiary/aromatic N) is 2. The number of aromatic hydroxyl groups is 1. The lowest BCUT2D eigenvalue weighted by atomic mass is 9.79. The molecule has 0 atom stereocenters. The van der Waals surface area contributed by atoms with Crippen molar-refractivity contribution in [2.75, 3.05) is 14.2 Å². The Bertz CT molecular complexity index is 614. The molecule has 0 unspecified atom stereocenters. The fraction of sp³-hybridized carbons (Fsp3) is 0.429. The molecule has 0 radical (unpaired) electrons. The first-order valence-electron chi connectivity index (χ1n) is 6.45. The summed E-state index contributed by atoms with van der Waals surface area (Å²) in [7, 11) is 3.16. The molecule has 3 rings (SSSR count). The second kappa shape index (κ2) is 4.79. The van der Waals surface area contributed by atoms with Crippen molar-refractivity contribution in [3.63, 3.8) is 0 Å². The molecule has 0 aliphatic heterocycles. The largest absolute Gasteiger partial charge is 0.504 e. The van der Waals surface area contributed by atoms with E-state index in [0.717, 1.165) is 19.3 Å². The van der Waals surface area contributed by atoms with Gasteiger partial charge in [0.15, 0.2) is 11.5 Å². The third-order valence-electron chi connectivity index (χ3n) is 3.81. The average Bonchev–Trinajstić information content (AvgIpc) is 2.88. The van der Waals surface area contributed by atoms with Crippen LogP contribution in [0.15, 0.2) is 22.7 Å². The van der Waals surface area contributed by atoms with Gasteiger partial charge in [-0.25, -0.2) is 0 Å². The number of phenolic OH excluding ortho intramolecular Hbond substituents is 1. The topological polar surface area (TPSA) is 77.6 Å². The van der Waals surface area contributed by atoms with Gasteiger partial charge >= 0.3 is 0 Å². The number of rotatable bonds is 4. The lowest BCUT2D eigenvalue weighted by molar-refractivity contribution is -0.0858. The molecule has 6 nitrogen and oxygen atoms in total. The van der Waals surface area contributed by atoms with Gasteiger partial charge in [0.05, 0.1) is 7.11 Å². The molecule has 0 saturated heterocycles. The van der Waals surface area contributed by atoms with Gasteiger partial charge in [-0.2, -0.15) is 4.98 Å². The predicted octanol–water partition coefficient (Wildman–Crippen LogP) is 2.48. The van der Waals surface area contributed by atoms with Gasteiger partial charge in [-0.05, 0) is 37.5 Å². The Morgan fingerprint density at radius 3 is 2.65 bits per heavy atom. The van der Waals surface area contributed by atoms with E-state index in [2.05, 4.69) is 10.1 Å². The van der Waals surface area contributed by atoms with Crippen LogP contribution in [0.25, 0.3) is 11.5 Å². The molecule has 1 aliphatic rings. The fourth-order valence-electron chi connectivity index (χ4n) is 2.37. The summed E-state index contributed by atoms with van der Waals surface area (Å²) in [6.07, 6.45) is 2.90. The molecule has 1 saturated carbocycles. The second-order valence-electron chi connectivity index (χ2n) is 4.86. The monoisotopic (exact) mass is 276 g/mol. The number of ether oxygens (including phenoxy) is 2. The van der Waals surface area contributed by atoms with E-state index in [1.54, 1.807) is 19.2 Å². The third kappa shape index (κ3) is 1.92. The third-order valence-corrected chi connectivity index (χ3v) is 3.81. The highest BCUT2D eigenvalue weighted by molar-refractivity contribution is 5.59. The van der Waals surface area contributed by atoms with Crippen molar-refractivity contribution in [3.05, 3.63) is 24.0 Å². The van der Waals surface area contributed by atoms with Crippen LogP contribution < -0.4 is 4.74 Å². The van der Waals surface area contributed by atoms with Gasteiger partial charge in [-0.1, -0.05) is 5.16 Å². The maximum atomic E-state index is 9.78. The van der Waals surface area contributed by atoms with Crippen molar-refractivity contribution in [1.29, 1.82) is 0 Å². The van der Waals surface area contributed by atoms with Crippen molar-refractivity contribution < 1.29 is 19.1 Å². The molecule has 0 spiro atoms. The van der Waals surface area contributed by atoms with Gasteiger partial charge in [0.25, 0.3) is 5.89 Å². The quantitative estimate of drug-likeness (QED) is 0.924. The molecule has 1 N–H and O–H groups in total. The van der Waals surface area contributed by atoms with Crippen molar-refractivity contribution in [1.82, 2.24) is 10.1 Å². The van der Waals surface area contributed by atoms with E-state index in [9.17, 15) is 5.11 Å². The van der Waals surface area contributed by atoms with E-state index in [-0.39, 0.29) is 5.75 Å². The Balaban J connectivity index is 1.92. The smallest absolute Gasteiger partial charge is 0.258 e. The Kier molecular flexibility index (Phi) is 3.10. The number of hydrogen-bond acceptors (Lipinski definition) is 6. The summed E-state index contributed by atoms with van der Waals surface area (Å²) in [5.74, 6) is 1.37. The summed E-state index contributed by atoms with van der Waals surface area (Å²) in [5, 5.41) is 13.8. The zero-order chi connectivity index (χ0) is 14.2. The van der Waals surface area contributed by atoms with E-state index in [1.165, 1.54) is 13.2 Å². The van der Waals surface area contributed by atoms with Crippen LogP contribution in [0.3, 0.4) is 0 Å². The highest BCUT2D eigenvalue weighted by Crippen LogP contribution is 2.43. The first kappa shape index (κ1) is 12.9. The minimum atomic E-state index is -0.406. The van der Waals surface area contributed by atoms with E-state index in [1.807, 2.05) is 0 Å². The summed E-state index contributed by atoms with van der Waals surface area (Å²) in [6.45, 7) is 0. The van der Waals surface area contributed by atoms with Crippen LogP contribution >= 0.6 is 0 Å².